The molecule has 0 aromatic carbocycles. The molecule has 1 N–H and O–H groups in total. The van der Waals surface area contributed by atoms with E-state index in [2.05, 4.69) is 15.4 Å². The van der Waals surface area contributed by atoms with E-state index in [1.54, 1.807) is 11.3 Å². The topological polar surface area (TPSA) is 42.7 Å². The summed E-state index contributed by atoms with van der Waals surface area (Å²) in [6, 6.07) is 0. The van der Waals surface area contributed by atoms with Gasteiger partial charge in [-0.2, -0.15) is 5.10 Å². The highest BCUT2D eigenvalue weighted by Crippen LogP contribution is 2.29. The lowest BCUT2D eigenvalue weighted by atomic mass is 10.2. The number of hydrogen-bond acceptors (Lipinski definition) is 4. The molecule has 2 aromatic heterocycles. The van der Waals surface area contributed by atoms with Crippen LogP contribution in [0, 0.1) is 0 Å². The van der Waals surface area contributed by atoms with Gasteiger partial charge in [0, 0.05) is 43.2 Å². The average Bonchev–Trinajstić information content (AvgIpc) is 2.82. The molecular formula is C10H12N4S. The van der Waals surface area contributed by atoms with Gasteiger partial charge in [-0.25, -0.2) is 4.98 Å². The fourth-order valence-corrected chi connectivity index (χ4v) is 2.83. The zero-order valence-corrected chi connectivity index (χ0v) is 9.34. The molecule has 0 fully saturated rings. The molecular weight excluding hydrogens is 208 g/mol. The van der Waals surface area contributed by atoms with Crippen molar-refractivity contribution in [3.63, 3.8) is 0 Å². The molecule has 2 aromatic rings. The number of nitrogens with one attached hydrogen (secondary N) is 1. The number of rotatable bonds is 1. The number of nitrogens with zero attached hydrogens (tertiary/aromatic N) is 3. The second kappa shape index (κ2) is 3.43. The Morgan fingerprint density at radius 1 is 1.53 bits per heavy atom. The van der Waals surface area contributed by atoms with E-state index in [0.717, 1.165) is 30.1 Å². The van der Waals surface area contributed by atoms with Crippen LogP contribution in [0.5, 0.6) is 0 Å². The Morgan fingerprint density at radius 3 is 3.20 bits per heavy atom. The van der Waals surface area contributed by atoms with Crippen molar-refractivity contribution < 1.29 is 0 Å². The van der Waals surface area contributed by atoms with Crippen LogP contribution in [0.25, 0.3) is 10.6 Å². The lowest BCUT2D eigenvalue weighted by Gasteiger charge is -2.09. The summed E-state index contributed by atoms with van der Waals surface area (Å²) < 4.78 is 1.81. The first-order valence-electron chi connectivity index (χ1n) is 5.01. The van der Waals surface area contributed by atoms with Crippen molar-refractivity contribution in [2.24, 2.45) is 7.05 Å². The quantitative estimate of drug-likeness (QED) is 0.785. The normalized spacial score (nSPS) is 15.3. The first kappa shape index (κ1) is 9.06. The van der Waals surface area contributed by atoms with Crippen molar-refractivity contribution >= 4 is 11.3 Å². The predicted octanol–water partition coefficient (Wildman–Crippen LogP) is 1.19. The lowest BCUT2D eigenvalue weighted by molar-refractivity contribution is 0.644. The summed E-state index contributed by atoms with van der Waals surface area (Å²) in [4.78, 5) is 6.03. The Bertz CT molecular complexity index is 462. The van der Waals surface area contributed by atoms with Crippen LogP contribution in [-0.2, 0) is 20.0 Å². The van der Waals surface area contributed by atoms with Gasteiger partial charge in [-0.05, 0) is 0 Å². The second-order valence-corrected chi connectivity index (χ2v) is 4.80. The molecule has 0 amide bonds. The monoisotopic (exact) mass is 220 g/mol. The third-order valence-electron chi connectivity index (χ3n) is 2.55. The molecule has 3 heterocycles. The van der Waals surface area contributed by atoms with Crippen molar-refractivity contribution in [2.45, 2.75) is 13.0 Å². The van der Waals surface area contributed by atoms with Crippen LogP contribution >= 0.6 is 11.3 Å². The summed E-state index contributed by atoms with van der Waals surface area (Å²) in [7, 11) is 1.93. The van der Waals surface area contributed by atoms with E-state index in [0.29, 0.717) is 0 Å². The summed E-state index contributed by atoms with van der Waals surface area (Å²) in [5, 5.41) is 8.62. The fraction of sp³-hybridized carbons (Fsp3) is 0.400. The molecule has 3 rings (SSSR count). The van der Waals surface area contributed by atoms with E-state index in [-0.39, 0.29) is 0 Å². The van der Waals surface area contributed by atoms with E-state index >= 15 is 0 Å². The maximum atomic E-state index is 4.66. The van der Waals surface area contributed by atoms with E-state index in [9.17, 15) is 0 Å². The number of fused-ring (bicyclic) bond motifs is 1. The smallest absolute Gasteiger partial charge is 0.127 e. The molecule has 1 aliphatic rings. The minimum atomic E-state index is 0.966. The van der Waals surface area contributed by atoms with Gasteiger partial charge in [-0.1, -0.05) is 0 Å². The van der Waals surface area contributed by atoms with Gasteiger partial charge in [0.05, 0.1) is 11.9 Å². The van der Waals surface area contributed by atoms with Gasteiger partial charge in [0.2, 0.25) is 0 Å². The van der Waals surface area contributed by atoms with Crippen LogP contribution in [0.4, 0.5) is 0 Å². The molecule has 0 aliphatic carbocycles. The second-order valence-electron chi connectivity index (χ2n) is 3.72. The van der Waals surface area contributed by atoms with Crippen molar-refractivity contribution in [1.82, 2.24) is 20.1 Å². The molecule has 0 radical (unpaired) electrons. The maximum absolute atomic E-state index is 4.66. The van der Waals surface area contributed by atoms with Crippen LogP contribution in [-0.4, -0.2) is 21.3 Å². The number of hydrogen-bond donors (Lipinski definition) is 1. The summed E-state index contributed by atoms with van der Waals surface area (Å²) in [5.41, 5.74) is 2.38. The van der Waals surface area contributed by atoms with Crippen LogP contribution in [0.15, 0.2) is 12.4 Å². The van der Waals surface area contributed by atoms with Crippen molar-refractivity contribution in [3.8, 4) is 10.6 Å². The summed E-state index contributed by atoms with van der Waals surface area (Å²) in [5.74, 6) is 0. The van der Waals surface area contributed by atoms with Crippen LogP contribution in [0.3, 0.4) is 0 Å². The summed E-state index contributed by atoms with van der Waals surface area (Å²) >= 11 is 1.77. The highest BCUT2D eigenvalue weighted by molar-refractivity contribution is 7.15. The standard InChI is InChI=1S/C10H12N4S/c1-14-6-7(4-12-14)10-13-8-2-3-11-5-9(8)15-10/h4,6,11H,2-3,5H2,1H3. The van der Waals surface area contributed by atoms with Gasteiger partial charge in [-0.3, -0.25) is 4.68 Å². The predicted molar refractivity (Wildman–Crippen MR) is 59.7 cm³/mol. The van der Waals surface area contributed by atoms with Crippen molar-refractivity contribution in [1.29, 1.82) is 0 Å². The molecule has 4 nitrogen and oxygen atoms in total. The Hall–Kier alpha value is -1.20. The molecule has 78 valence electrons. The molecule has 0 atom stereocenters. The zero-order valence-electron chi connectivity index (χ0n) is 8.53. The van der Waals surface area contributed by atoms with E-state index < -0.39 is 0 Å². The van der Waals surface area contributed by atoms with Gasteiger partial charge < -0.3 is 5.32 Å². The highest BCUT2D eigenvalue weighted by Gasteiger charge is 2.15. The number of aryl methyl sites for hydroxylation is 1. The molecule has 0 bridgehead atoms. The van der Waals surface area contributed by atoms with Gasteiger partial charge in [0.25, 0.3) is 0 Å². The molecule has 1 aliphatic heterocycles. The third kappa shape index (κ3) is 1.57. The van der Waals surface area contributed by atoms with E-state index in [4.69, 9.17) is 0 Å². The fourth-order valence-electron chi connectivity index (χ4n) is 1.78. The molecule has 5 heteroatoms. The van der Waals surface area contributed by atoms with E-state index in [1.807, 2.05) is 24.1 Å². The van der Waals surface area contributed by atoms with Crippen molar-refractivity contribution in [2.75, 3.05) is 6.54 Å². The number of thiazole rings is 1. The van der Waals surface area contributed by atoms with Crippen molar-refractivity contribution in [3.05, 3.63) is 23.0 Å². The molecule has 15 heavy (non-hydrogen) atoms. The zero-order chi connectivity index (χ0) is 10.3. The Labute approximate surface area is 92.0 Å². The third-order valence-corrected chi connectivity index (χ3v) is 3.70. The average molecular weight is 220 g/mol. The maximum Gasteiger partial charge on any atom is 0.127 e. The van der Waals surface area contributed by atoms with Gasteiger partial charge in [-0.15, -0.1) is 11.3 Å². The minimum absolute atomic E-state index is 0.966. The van der Waals surface area contributed by atoms with Crippen LogP contribution < -0.4 is 5.32 Å². The van der Waals surface area contributed by atoms with Gasteiger partial charge in [0.15, 0.2) is 0 Å². The largest absolute Gasteiger partial charge is 0.311 e. The SMILES string of the molecule is Cn1cc(-c2nc3c(s2)CNCC3)cn1. The van der Waals surface area contributed by atoms with Gasteiger partial charge in [0.1, 0.15) is 5.01 Å². The molecule has 0 spiro atoms. The Morgan fingerprint density at radius 2 is 2.47 bits per heavy atom. The van der Waals surface area contributed by atoms with Crippen LogP contribution in [0.2, 0.25) is 0 Å². The molecule has 0 unspecified atom stereocenters. The van der Waals surface area contributed by atoms with Gasteiger partial charge >= 0.3 is 0 Å². The Kier molecular flexibility index (Phi) is 2.07. The first-order chi connectivity index (χ1) is 7.33. The molecule has 0 saturated heterocycles. The first-order valence-corrected chi connectivity index (χ1v) is 5.83. The summed E-state index contributed by atoms with van der Waals surface area (Å²) in [6.07, 6.45) is 4.93. The van der Waals surface area contributed by atoms with E-state index in [1.165, 1.54) is 10.6 Å². The highest BCUT2D eigenvalue weighted by atomic mass is 32.1. The van der Waals surface area contributed by atoms with Crippen LogP contribution in [0.1, 0.15) is 10.6 Å². The minimum Gasteiger partial charge on any atom is -0.311 e. The summed E-state index contributed by atoms with van der Waals surface area (Å²) in [6.45, 7) is 2.01. The lowest BCUT2D eigenvalue weighted by Crippen LogP contribution is -2.22. The number of aromatic nitrogens is 3. The Balaban J connectivity index is 2.02. The molecule has 0 saturated carbocycles.